The summed E-state index contributed by atoms with van der Waals surface area (Å²) in [5.41, 5.74) is 1.43. The third-order valence-electron chi connectivity index (χ3n) is 5.19. The van der Waals surface area contributed by atoms with Crippen molar-refractivity contribution in [1.82, 2.24) is 9.55 Å². The zero-order valence-electron chi connectivity index (χ0n) is 17.6. The third kappa shape index (κ3) is 4.31. The van der Waals surface area contributed by atoms with Crippen molar-refractivity contribution in [3.05, 3.63) is 118 Å². The minimum atomic E-state index is -3.98. The first-order chi connectivity index (χ1) is 16.4. The zero-order valence-corrected chi connectivity index (χ0v) is 19.2. The first-order valence-electron chi connectivity index (χ1n) is 10.3. The van der Waals surface area contributed by atoms with Gasteiger partial charge in [-0.2, -0.15) is 0 Å². The Hall–Kier alpha value is -3.94. The summed E-state index contributed by atoms with van der Waals surface area (Å²) >= 11 is 6.02. The highest BCUT2D eigenvalue weighted by Crippen LogP contribution is 2.26. The molecule has 5 aromatic rings. The van der Waals surface area contributed by atoms with Crippen LogP contribution in [0, 0.1) is 0 Å². The molecule has 0 fully saturated rings. The average molecular weight is 489 g/mol. The molecule has 0 bridgehead atoms. The average Bonchev–Trinajstić information content (AvgIpc) is 3.30. The topological polar surface area (TPSA) is 82.2 Å². The minimum Gasteiger partial charge on any atom is -0.422 e. The van der Waals surface area contributed by atoms with Crippen molar-refractivity contribution in [2.75, 3.05) is 0 Å². The quantitative estimate of drug-likeness (QED) is 0.294. The van der Waals surface area contributed by atoms with Gasteiger partial charge >= 0.3 is 5.63 Å². The maximum atomic E-state index is 13.3. The molecule has 0 amide bonds. The Labute approximate surface area is 200 Å². The maximum Gasteiger partial charge on any atom is 0.345 e. The van der Waals surface area contributed by atoms with E-state index in [0.717, 1.165) is 11.0 Å². The van der Waals surface area contributed by atoms with Gasteiger partial charge < -0.3 is 4.42 Å². The summed E-state index contributed by atoms with van der Waals surface area (Å²) in [6.45, 7) is 0. The van der Waals surface area contributed by atoms with Crippen molar-refractivity contribution in [2.45, 2.75) is 5.16 Å². The Bertz CT molecular complexity index is 1690. The number of hydrogen-bond acceptors (Lipinski definition) is 5. The van der Waals surface area contributed by atoms with Crippen LogP contribution < -0.4 is 5.63 Å². The largest absolute Gasteiger partial charge is 0.422 e. The van der Waals surface area contributed by atoms with Gasteiger partial charge in [-0.15, -0.1) is 0 Å². The fourth-order valence-electron chi connectivity index (χ4n) is 3.51. The molecule has 0 unspecified atom stereocenters. The zero-order chi connectivity index (χ0) is 23.7. The number of benzene rings is 3. The second kappa shape index (κ2) is 8.78. The van der Waals surface area contributed by atoms with Crippen LogP contribution in [0.1, 0.15) is 5.56 Å². The molecular weight excluding hydrogens is 472 g/mol. The summed E-state index contributed by atoms with van der Waals surface area (Å²) in [5.74, 6) is 0. The number of para-hydroxylation sites is 1. The smallest absolute Gasteiger partial charge is 0.345 e. The second-order valence-corrected chi connectivity index (χ2v) is 9.66. The summed E-state index contributed by atoms with van der Waals surface area (Å²) < 4.78 is 33.5. The van der Waals surface area contributed by atoms with Crippen molar-refractivity contribution in [1.29, 1.82) is 0 Å². The Morgan fingerprint density at radius 3 is 2.38 bits per heavy atom. The Morgan fingerprint density at radius 2 is 1.62 bits per heavy atom. The molecule has 0 aliphatic carbocycles. The monoisotopic (exact) mass is 488 g/mol. The van der Waals surface area contributed by atoms with E-state index in [2.05, 4.69) is 4.98 Å². The van der Waals surface area contributed by atoms with Gasteiger partial charge in [0.15, 0.2) is 0 Å². The highest BCUT2D eigenvalue weighted by atomic mass is 35.5. The highest BCUT2D eigenvalue weighted by molar-refractivity contribution is 7.94. The molecule has 8 heteroatoms. The van der Waals surface area contributed by atoms with Gasteiger partial charge in [0.05, 0.1) is 11.3 Å². The molecule has 0 N–H and O–H groups in total. The number of sulfone groups is 1. The van der Waals surface area contributed by atoms with Gasteiger partial charge in [0, 0.05) is 27.7 Å². The molecule has 168 valence electrons. The first kappa shape index (κ1) is 21.9. The molecule has 3 aromatic carbocycles. The summed E-state index contributed by atoms with van der Waals surface area (Å²) in [4.78, 5) is 17.1. The maximum absolute atomic E-state index is 13.3. The Morgan fingerprint density at radius 1 is 0.912 bits per heavy atom. The number of rotatable bonds is 5. The molecule has 2 aromatic heterocycles. The summed E-state index contributed by atoms with van der Waals surface area (Å²) in [7, 11) is -3.98. The Kier molecular flexibility index (Phi) is 5.65. The van der Waals surface area contributed by atoms with Gasteiger partial charge in [0.1, 0.15) is 5.58 Å². The molecule has 0 aliphatic rings. The molecule has 0 atom stereocenters. The van der Waals surface area contributed by atoms with Crippen molar-refractivity contribution in [2.24, 2.45) is 0 Å². The lowest BCUT2D eigenvalue weighted by Crippen LogP contribution is -2.06. The van der Waals surface area contributed by atoms with Gasteiger partial charge in [0.2, 0.25) is 15.0 Å². The van der Waals surface area contributed by atoms with E-state index in [1.165, 1.54) is 16.8 Å². The van der Waals surface area contributed by atoms with E-state index in [1.54, 1.807) is 60.7 Å². The van der Waals surface area contributed by atoms with Crippen molar-refractivity contribution < 1.29 is 12.8 Å². The minimum absolute atomic E-state index is 0.162. The first-order valence-corrected chi connectivity index (χ1v) is 12.2. The van der Waals surface area contributed by atoms with E-state index in [4.69, 9.17) is 16.0 Å². The van der Waals surface area contributed by atoms with E-state index < -0.39 is 15.5 Å². The van der Waals surface area contributed by atoms with Gasteiger partial charge in [0.25, 0.3) is 0 Å². The number of nitrogens with zero attached hydrogens (tertiary/aromatic N) is 2. The third-order valence-corrected chi connectivity index (χ3v) is 6.73. The van der Waals surface area contributed by atoms with Crippen LogP contribution in [0.25, 0.3) is 34.0 Å². The molecule has 0 saturated heterocycles. The molecule has 34 heavy (non-hydrogen) atoms. The fraction of sp³-hybridized carbons (Fsp3) is 0. The van der Waals surface area contributed by atoms with E-state index in [9.17, 15) is 13.2 Å². The molecule has 0 aliphatic heterocycles. The van der Waals surface area contributed by atoms with Crippen LogP contribution in [0.4, 0.5) is 0 Å². The van der Waals surface area contributed by atoms with Crippen LogP contribution in [0.3, 0.4) is 0 Å². The van der Waals surface area contributed by atoms with Crippen LogP contribution in [-0.4, -0.2) is 18.0 Å². The van der Waals surface area contributed by atoms with Crippen LogP contribution in [-0.2, 0) is 9.84 Å². The normalized spacial score (nSPS) is 11.9. The van der Waals surface area contributed by atoms with E-state index in [1.807, 2.05) is 24.3 Å². The fourth-order valence-corrected chi connectivity index (χ4v) is 4.76. The predicted octanol–water partition coefficient (Wildman–Crippen LogP) is 5.74. The van der Waals surface area contributed by atoms with E-state index >= 15 is 0 Å². The van der Waals surface area contributed by atoms with Crippen LogP contribution >= 0.6 is 11.6 Å². The number of imidazole rings is 1. The van der Waals surface area contributed by atoms with Gasteiger partial charge in [-0.05, 0) is 48.0 Å². The van der Waals surface area contributed by atoms with E-state index in [0.29, 0.717) is 21.7 Å². The predicted molar refractivity (Wildman–Crippen MR) is 133 cm³/mol. The van der Waals surface area contributed by atoms with Crippen molar-refractivity contribution >= 4 is 38.5 Å². The number of aromatic nitrogens is 2. The number of fused-ring (bicyclic) bond motifs is 1. The summed E-state index contributed by atoms with van der Waals surface area (Å²) in [6, 6.07) is 24.5. The Balaban J connectivity index is 1.68. The van der Waals surface area contributed by atoms with Gasteiger partial charge in [-0.3, -0.25) is 4.57 Å². The standard InChI is InChI=1S/C26H17ClN2O4S/c27-20-10-12-21(13-11-20)29-17-23(22-16-19-8-4-5-9-24(19)33-25(22)30)28-26(29)34(31,32)15-14-18-6-2-1-3-7-18/h1-17H/b15-14-. The van der Waals surface area contributed by atoms with Gasteiger partial charge in [-0.1, -0.05) is 60.1 Å². The lowest BCUT2D eigenvalue weighted by molar-refractivity contribution is 0.563. The van der Waals surface area contributed by atoms with Crippen LogP contribution in [0.15, 0.2) is 111 Å². The van der Waals surface area contributed by atoms with Crippen LogP contribution in [0.2, 0.25) is 5.02 Å². The lowest BCUT2D eigenvalue weighted by Gasteiger charge is -2.06. The molecule has 2 heterocycles. The molecule has 0 saturated carbocycles. The molecule has 0 spiro atoms. The lowest BCUT2D eigenvalue weighted by atomic mass is 10.1. The highest BCUT2D eigenvalue weighted by Gasteiger charge is 2.23. The van der Waals surface area contributed by atoms with E-state index in [-0.39, 0.29) is 16.4 Å². The number of halogens is 1. The van der Waals surface area contributed by atoms with Gasteiger partial charge in [-0.25, -0.2) is 18.2 Å². The number of hydrogen-bond donors (Lipinski definition) is 0. The molecule has 6 nitrogen and oxygen atoms in total. The summed E-state index contributed by atoms with van der Waals surface area (Å²) in [5, 5.41) is 2.08. The molecular formula is C26H17ClN2O4S. The second-order valence-electron chi connectivity index (χ2n) is 7.50. The van der Waals surface area contributed by atoms with Crippen LogP contribution in [0.5, 0.6) is 0 Å². The SMILES string of the molecule is O=c1oc2ccccc2cc1-c1cn(-c2ccc(Cl)cc2)c(S(=O)(=O)/C=C\c2ccccc2)n1. The molecule has 5 rings (SSSR count). The van der Waals surface area contributed by atoms with Crippen molar-refractivity contribution in [3.63, 3.8) is 0 Å². The molecule has 0 radical (unpaired) electrons. The summed E-state index contributed by atoms with van der Waals surface area (Å²) in [6.07, 6.45) is 3.01. The van der Waals surface area contributed by atoms with Crippen molar-refractivity contribution in [3.8, 4) is 16.9 Å².